The van der Waals surface area contributed by atoms with Crippen molar-refractivity contribution < 1.29 is 19.1 Å². The molecule has 2 amide bonds. The third kappa shape index (κ3) is 3.35. The molecule has 1 aliphatic heterocycles. The quantitative estimate of drug-likeness (QED) is 0.367. The molecule has 10 heteroatoms. The molecule has 0 unspecified atom stereocenters. The highest BCUT2D eigenvalue weighted by Crippen LogP contribution is 2.31. The molecule has 0 aromatic carbocycles. The highest BCUT2D eigenvalue weighted by Gasteiger charge is 2.26. The number of nitrogens with zero attached hydrogens (tertiary/aromatic N) is 3. The van der Waals surface area contributed by atoms with Gasteiger partial charge < -0.3 is 10.1 Å². The van der Waals surface area contributed by atoms with Crippen molar-refractivity contribution in [2.24, 2.45) is 0 Å². The van der Waals surface area contributed by atoms with Gasteiger partial charge in [0.25, 0.3) is 5.91 Å². The first-order valence-corrected chi connectivity index (χ1v) is 10.3. The molecule has 2 fully saturated rings. The molecule has 0 spiro atoms. The summed E-state index contributed by atoms with van der Waals surface area (Å²) in [5, 5.41) is 12.0. The van der Waals surface area contributed by atoms with E-state index in [4.69, 9.17) is 9.72 Å². The number of imide groups is 1. The Hall–Kier alpha value is -3.53. The zero-order chi connectivity index (χ0) is 20.8. The Kier molecular flexibility index (Phi) is 4.35. The highest BCUT2D eigenvalue weighted by molar-refractivity contribution is 7.12. The average Bonchev–Trinajstić information content (AvgIpc) is 3.12. The van der Waals surface area contributed by atoms with Crippen LogP contribution < -0.4 is 10.6 Å². The van der Waals surface area contributed by atoms with E-state index in [1.807, 2.05) is 11.4 Å². The van der Waals surface area contributed by atoms with Gasteiger partial charge >= 0.3 is 5.97 Å². The molecule has 1 aliphatic carbocycles. The second-order valence-electron chi connectivity index (χ2n) is 7.20. The number of hydrogen-bond acceptors (Lipinski definition) is 8. The molecule has 2 N–H and O–H groups in total. The number of carbonyl (C=O) groups excluding carboxylic acids is 3. The van der Waals surface area contributed by atoms with Crippen molar-refractivity contribution in [2.75, 3.05) is 12.4 Å². The van der Waals surface area contributed by atoms with Crippen LogP contribution in [-0.4, -0.2) is 45.5 Å². The van der Waals surface area contributed by atoms with Crippen molar-refractivity contribution in [2.45, 2.75) is 25.3 Å². The lowest BCUT2D eigenvalue weighted by atomic mass is 10.1. The van der Waals surface area contributed by atoms with Crippen LogP contribution in [0.15, 0.2) is 29.3 Å². The normalized spacial score (nSPS) is 17.6. The van der Waals surface area contributed by atoms with Gasteiger partial charge in [0, 0.05) is 34.2 Å². The van der Waals surface area contributed by atoms with E-state index in [1.54, 1.807) is 22.9 Å². The fourth-order valence-corrected chi connectivity index (χ4v) is 4.07. The van der Waals surface area contributed by atoms with Crippen molar-refractivity contribution in [3.63, 3.8) is 0 Å². The van der Waals surface area contributed by atoms with E-state index in [-0.39, 0.29) is 12.3 Å². The summed E-state index contributed by atoms with van der Waals surface area (Å²) in [6.45, 7) is 0. The van der Waals surface area contributed by atoms with Gasteiger partial charge in [0.05, 0.1) is 25.4 Å². The molecule has 1 saturated carbocycles. The molecule has 5 rings (SSSR count). The van der Waals surface area contributed by atoms with Gasteiger partial charge in [-0.05, 0) is 25.0 Å². The highest BCUT2D eigenvalue weighted by atomic mass is 32.1. The van der Waals surface area contributed by atoms with E-state index in [1.165, 1.54) is 18.4 Å². The summed E-state index contributed by atoms with van der Waals surface area (Å²) in [6, 6.07) is 4.03. The molecule has 30 heavy (non-hydrogen) atoms. The molecule has 152 valence electrons. The number of fused-ring (bicyclic) bond motifs is 1. The number of methoxy groups -OCH3 is 1. The van der Waals surface area contributed by atoms with Crippen LogP contribution in [0.4, 0.5) is 5.82 Å². The number of anilines is 1. The van der Waals surface area contributed by atoms with Gasteiger partial charge in [-0.15, -0.1) is 11.3 Å². The predicted molar refractivity (Wildman–Crippen MR) is 110 cm³/mol. The maximum atomic E-state index is 11.9. The summed E-state index contributed by atoms with van der Waals surface area (Å²) < 4.78 is 6.48. The smallest absolute Gasteiger partial charge is 0.348 e. The number of esters is 1. The fraction of sp³-hybridized carbons (Fsp3) is 0.250. The van der Waals surface area contributed by atoms with E-state index in [9.17, 15) is 14.4 Å². The summed E-state index contributed by atoms with van der Waals surface area (Å²) in [5.41, 5.74) is 3.03. The van der Waals surface area contributed by atoms with Gasteiger partial charge in [-0.25, -0.2) is 9.78 Å². The second kappa shape index (κ2) is 7.06. The average molecular weight is 423 g/mol. The zero-order valence-electron chi connectivity index (χ0n) is 16.0. The predicted octanol–water partition coefficient (Wildman–Crippen LogP) is 2.25. The minimum atomic E-state index is -0.396. The number of aromatic nitrogens is 3. The topological polar surface area (TPSA) is 115 Å². The molecular weight excluding hydrogens is 406 g/mol. The number of thiophene rings is 1. The van der Waals surface area contributed by atoms with Crippen LogP contribution in [0, 0.1) is 0 Å². The lowest BCUT2D eigenvalue weighted by Gasteiger charge is -2.09. The van der Waals surface area contributed by atoms with Crippen LogP contribution in [0.2, 0.25) is 0 Å². The Morgan fingerprint density at radius 1 is 1.37 bits per heavy atom. The summed E-state index contributed by atoms with van der Waals surface area (Å²) in [6.07, 6.45) is 5.49. The number of nitrogens with one attached hydrogen (secondary N) is 2. The Morgan fingerprint density at radius 3 is 2.90 bits per heavy atom. The van der Waals surface area contributed by atoms with Crippen molar-refractivity contribution in [3.05, 3.63) is 39.7 Å². The standard InChI is InChI=1S/C20H17N5O4S/c1-29-20(28)15-5-12(9-30-15)14-7-16(22-13-2-3-13)25-18(23-14)11(8-21-25)4-10-6-17(26)24-19(10)27/h4-5,7-9,13,22H,2-3,6H2,1H3,(H,24,26,27)/b10-4+. The van der Waals surface area contributed by atoms with Gasteiger partial charge in [-0.2, -0.15) is 9.61 Å². The van der Waals surface area contributed by atoms with Crippen molar-refractivity contribution in [1.29, 1.82) is 0 Å². The van der Waals surface area contributed by atoms with Crippen molar-refractivity contribution in [1.82, 2.24) is 19.9 Å². The van der Waals surface area contributed by atoms with Gasteiger partial charge in [-0.1, -0.05) is 0 Å². The Morgan fingerprint density at radius 2 is 2.20 bits per heavy atom. The molecule has 1 saturated heterocycles. The first kappa shape index (κ1) is 18.5. The lowest BCUT2D eigenvalue weighted by Crippen LogP contribution is -2.19. The van der Waals surface area contributed by atoms with Crippen LogP contribution in [0.1, 0.15) is 34.5 Å². The van der Waals surface area contributed by atoms with Crippen LogP contribution in [-0.2, 0) is 14.3 Å². The van der Waals surface area contributed by atoms with E-state index in [2.05, 4.69) is 15.7 Å². The van der Waals surface area contributed by atoms with Gasteiger partial charge in [0.2, 0.25) is 5.91 Å². The van der Waals surface area contributed by atoms with E-state index in [0.29, 0.717) is 33.4 Å². The Bertz CT molecular complexity index is 1240. The minimum absolute atomic E-state index is 0.0378. The number of hydrogen-bond donors (Lipinski definition) is 2. The molecular formula is C20H17N5O4S. The first-order valence-electron chi connectivity index (χ1n) is 9.39. The monoisotopic (exact) mass is 423 g/mol. The van der Waals surface area contributed by atoms with Gasteiger partial charge in [-0.3, -0.25) is 14.9 Å². The van der Waals surface area contributed by atoms with Crippen LogP contribution in [0.5, 0.6) is 0 Å². The third-order valence-corrected chi connectivity index (χ3v) is 5.85. The summed E-state index contributed by atoms with van der Waals surface area (Å²) >= 11 is 1.29. The first-order chi connectivity index (χ1) is 14.5. The largest absolute Gasteiger partial charge is 0.465 e. The van der Waals surface area contributed by atoms with Crippen LogP contribution in [0.25, 0.3) is 23.0 Å². The van der Waals surface area contributed by atoms with Gasteiger partial charge in [0.1, 0.15) is 10.7 Å². The number of carbonyl (C=O) groups is 3. The number of ether oxygens (including phenoxy) is 1. The molecule has 9 nitrogen and oxygen atoms in total. The molecule has 3 aromatic rings. The van der Waals surface area contributed by atoms with E-state index < -0.39 is 11.9 Å². The maximum Gasteiger partial charge on any atom is 0.348 e. The third-order valence-electron chi connectivity index (χ3n) is 4.94. The Labute approximate surface area is 174 Å². The minimum Gasteiger partial charge on any atom is -0.465 e. The van der Waals surface area contributed by atoms with Crippen molar-refractivity contribution >= 4 is 46.7 Å². The fourth-order valence-electron chi connectivity index (χ4n) is 3.26. The number of amides is 2. The Balaban J connectivity index is 1.62. The molecule has 0 bridgehead atoms. The van der Waals surface area contributed by atoms with Gasteiger partial charge in [0.15, 0.2) is 5.65 Å². The van der Waals surface area contributed by atoms with E-state index in [0.717, 1.165) is 24.2 Å². The molecule has 2 aliphatic rings. The molecule has 0 radical (unpaired) electrons. The zero-order valence-corrected chi connectivity index (χ0v) is 16.8. The van der Waals surface area contributed by atoms with E-state index >= 15 is 0 Å². The molecule has 4 heterocycles. The number of rotatable bonds is 5. The van der Waals surface area contributed by atoms with Crippen LogP contribution >= 0.6 is 11.3 Å². The van der Waals surface area contributed by atoms with Crippen LogP contribution in [0.3, 0.4) is 0 Å². The summed E-state index contributed by atoms with van der Waals surface area (Å²) in [5.74, 6) is -0.330. The summed E-state index contributed by atoms with van der Waals surface area (Å²) in [4.78, 5) is 40.5. The SMILES string of the molecule is COC(=O)c1cc(-c2cc(NC3CC3)n3ncc(/C=C4\CC(=O)NC4=O)c3n2)cs1. The maximum absolute atomic E-state index is 11.9. The lowest BCUT2D eigenvalue weighted by molar-refractivity contribution is -0.124. The summed E-state index contributed by atoms with van der Waals surface area (Å²) in [7, 11) is 1.35. The van der Waals surface area contributed by atoms with Crippen molar-refractivity contribution in [3.8, 4) is 11.3 Å². The second-order valence-corrected chi connectivity index (χ2v) is 8.11. The molecule has 3 aromatic heterocycles. The molecule has 0 atom stereocenters.